The van der Waals surface area contributed by atoms with Crippen LogP contribution in [0.5, 0.6) is 0 Å². The van der Waals surface area contributed by atoms with Crippen molar-refractivity contribution < 1.29 is 18.7 Å². The zero-order valence-electron chi connectivity index (χ0n) is 10.3. The van der Waals surface area contributed by atoms with E-state index in [4.69, 9.17) is 0 Å². The van der Waals surface area contributed by atoms with Gasteiger partial charge >= 0.3 is 6.09 Å². The standard InChI is InChI=1S/C13H15FN2O3/c1-2-9-19-13(18)16-8-7-15-12(17)10-3-5-11(14)6-4-10/h2-6H,1,7-9H2,(H,15,17)(H,16,18). The van der Waals surface area contributed by atoms with E-state index in [1.807, 2.05) is 0 Å². The highest BCUT2D eigenvalue weighted by Gasteiger charge is 2.05. The second kappa shape index (κ2) is 7.86. The monoisotopic (exact) mass is 266 g/mol. The molecule has 0 saturated heterocycles. The lowest BCUT2D eigenvalue weighted by molar-refractivity contribution is 0.0952. The van der Waals surface area contributed by atoms with E-state index >= 15 is 0 Å². The fourth-order valence-electron chi connectivity index (χ4n) is 1.23. The van der Waals surface area contributed by atoms with E-state index in [1.165, 1.54) is 30.3 Å². The van der Waals surface area contributed by atoms with Gasteiger partial charge in [-0.25, -0.2) is 9.18 Å². The fraction of sp³-hybridized carbons (Fsp3) is 0.231. The Hall–Kier alpha value is -2.37. The van der Waals surface area contributed by atoms with Crippen LogP contribution in [0, 0.1) is 5.82 Å². The van der Waals surface area contributed by atoms with Gasteiger partial charge in [-0.15, -0.1) is 0 Å². The molecule has 2 N–H and O–H groups in total. The Morgan fingerprint density at radius 3 is 2.47 bits per heavy atom. The third-order valence-electron chi connectivity index (χ3n) is 2.12. The minimum absolute atomic E-state index is 0.133. The average molecular weight is 266 g/mol. The van der Waals surface area contributed by atoms with Crippen LogP contribution in [-0.2, 0) is 4.74 Å². The maximum Gasteiger partial charge on any atom is 0.407 e. The van der Waals surface area contributed by atoms with Crippen molar-refractivity contribution in [3.63, 3.8) is 0 Å². The quantitative estimate of drug-likeness (QED) is 0.605. The highest BCUT2D eigenvalue weighted by molar-refractivity contribution is 5.94. The summed E-state index contributed by atoms with van der Waals surface area (Å²) in [6, 6.07) is 5.19. The minimum atomic E-state index is -0.573. The molecule has 1 rings (SSSR count). The number of benzene rings is 1. The molecular weight excluding hydrogens is 251 g/mol. The van der Waals surface area contributed by atoms with E-state index in [2.05, 4.69) is 21.9 Å². The van der Waals surface area contributed by atoms with Gasteiger partial charge in [-0.05, 0) is 24.3 Å². The molecule has 0 saturated carbocycles. The van der Waals surface area contributed by atoms with Gasteiger partial charge in [0, 0.05) is 18.7 Å². The van der Waals surface area contributed by atoms with Crippen molar-refractivity contribution in [2.75, 3.05) is 19.7 Å². The molecule has 0 aliphatic heterocycles. The van der Waals surface area contributed by atoms with Crippen LogP contribution >= 0.6 is 0 Å². The number of hydrogen-bond acceptors (Lipinski definition) is 3. The zero-order chi connectivity index (χ0) is 14.1. The number of amides is 2. The van der Waals surface area contributed by atoms with Gasteiger partial charge in [-0.1, -0.05) is 12.7 Å². The molecule has 1 aromatic rings. The first-order chi connectivity index (χ1) is 9.13. The van der Waals surface area contributed by atoms with Crippen molar-refractivity contribution in [3.05, 3.63) is 48.3 Å². The second-order valence-corrected chi connectivity index (χ2v) is 3.58. The highest BCUT2D eigenvalue weighted by Crippen LogP contribution is 2.01. The molecule has 1 aromatic carbocycles. The molecule has 0 aromatic heterocycles. The van der Waals surface area contributed by atoms with Crippen molar-refractivity contribution in [1.82, 2.24) is 10.6 Å². The molecule has 0 spiro atoms. The Morgan fingerprint density at radius 2 is 1.84 bits per heavy atom. The molecule has 0 aliphatic rings. The Balaban J connectivity index is 2.22. The molecule has 0 atom stereocenters. The van der Waals surface area contributed by atoms with E-state index in [0.717, 1.165) is 0 Å². The molecule has 0 heterocycles. The van der Waals surface area contributed by atoms with Crippen LogP contribution in [0.25, 0.3) is 0 Å². The van der Waals surface area contributed by atoms with Gasteiger partial charge in [-0.3, -0.25) is 4.79 Å². The lowest BCUT2D eigenvalue weighted by Crippen LogP contribution is -2.35. The number of carbonyl (C=O) groups excluding carboxylic acids is 2. The second-order valence-electron chi connectivity index (χ2n) is 3.58. The lowest BCUT2D eigenvalue weighted by Gasteiger charge is -2.07. The van der Waals surface area contributed by atoms with Crippen LogP contribution in [0.3, 0.4) is 0 Å². The van der Waals surface area contributed by atoms with Gasteiger partial charge in [-0.2, -0.15) is 0 Å². The van der Waals surface area contributed by atoms with Gasteiger partial charge < -0.3 is 15.4 Å². The van der Waals surface area contributed by atoms with Crippen LogP contribution in [-0.4, -0.2) is 31.7 Å². The normalized spacial score (nSPS) is 9.53. The molecule has 0 bridgehead atoms. The molecule has 0 radical (unpaired) electrons. The first-order valence-electron chi connectivity index (χ1n) is 5.69. The Labute approximate surface area is 110 Å². The van der Waals surface area contributed by atoms with Crippen LogP contribution < -0.4 is 10.6 Å². The van der Waals surface area contributed by atoms with E-state index in [-0.39, 0.29) is 25.6 Å². The van der Waals surface area contributed by atoms with E-state index < -0.39 is 11.9 Å². The number of ether oxygens (including phenoxy) is 1. The SMILES string of the molecule is C=CCOC(=O)NCCNC(=O)c1ccc(F)cc1. The Bertz CT molecular complexity index is 446. The molecular formula is C13H15FN2O3. The minimum Gasteiger partial charge on any atom is -0.445 e. The van der Waals surface area contributed by atoms with Crippen LogP contribution in [0.2, 0.25) is 0 Å². The predicted molar refractivity (Wildman–Crippen MR) is 68.3 cm³/mol. The first kappa shape index (κ1) is 14.7. The summed E-state index contributed by atoms with van der Waals surface area (Å²) in [7, 11) is 0. The van der Waals surface area contributed by atoms with Gasteiger partial charge in [0.15, 0.2) is 0 Å². The van der Waals surface area contributed by atoms with Gasteiger partial charge in [0.1, 0.15) is 12.4 Å². The summed E-state index contributed by atoms with van der Waals surface area (Å²) in [5, 5.41) is 5.03. The zero-order valence-corrected chi connectivity index (χ0v) is 10.3. The maximum atomic E-state index is 12.6. The number of carbonyl (C=O) groups is 2. The number of nitrogens with one attached hydrogen (secondary N) is 2. The largest absolute Gasteiger partial charge is 0.445 e. The summed E-state index contributed by atoms with van der Waals surface area (Å²) in [4.78, 5) is 22.6. The van der Waals surface area contributed by atoms with E-state index in [1.54, 1.807) is 0 Å². The fourth-order valence-corrected chi connectivity index (χ4v) is 1.23. The van der Waals surface area contributed by atoms with Crippen molar-refractivity contribution in [3.8, 4) is 0 Å². The molecule has 0 fully saturated rings. The van der Waals surface area contributed by atoms with E-state index in [9.17, 15) is 14.0 Å². The van der Waals surface area contributed by atoms with Crippen molar-refractivity contribution in [1.29, 1.82) is 0 Å². The molecule has 102 valence electrons. The smallest absolute Gasteiger partial charge is 0.407 e. The highest BCUT2D eigenvalue weighted by atomic mass is 19.1. The van der Waals surface area contributed by atoms with Crippen LogP contribution in [0.15, 0.2) is 36.9 Å². The first-order valence-corrected chi connectivity index (χ1v) is 5.69. The van der Waals surface area contributed by atoms with Crippen molar-refractivity contribution in [2.45, 2.75) is 0 Å². The van der Waals surface area contributed by atoms with Gasteiger partial charge in [0.25, 0.3) is 5.91 Å². The Kier molecular flexibility index (Phi) is 6.08. The van der Waals surface area contributed by atoms with Gasteiger partial charge in [0.2, 0.25) is 0 Å². The summed E-state index contributed by atoms with van der Waals surface area (Å²) < 4.78 is 17.3. The Morgan fingerprint density at radius 1 is 1.21 bits per heavy atom. The molecule has 2 amide bonds. The molecule has 5 nitrogen and oxygen atoms in total. The van der Waals surface area contributed by atoms with Crippen molar-refractivity contribution in [2.24, 2.45) is 0 Å². The van der Waals surface area contributed by atoms with Crippen LogP contribution in [0.1, 0.15) is 10.4 Å². The summed E-state index contributed by atoms with van der Waals surface area (Å²) >= 11 is 0. The predicted octanol–water partition coefficient (Wildman–Crippen LogP) is 1.47. The third-order valence-corrected chi connectivity index (χ3v) is 2.12. The number of hydrogen-bond donors (Lipinski definition) is 2. The van der Waals surface area contributed by atoms with E-state index in [0.29, 0.717) is 5.56 Å². The summed E-state index contributed by atoms with van der Waals surface area (Å²) in [6.45, 7) is 4.02. The summed E-state index contributed by atoms with van der Waals surface area (Å²) in [5.41, 5.74) is 0.357. The summed E-state index contributed by atoms with van der Waals surface area (Å²) in [5.74, 6) is -0.732. The average Bonchev–Trinajstić information content (AvgIpc) is 2.41. The number of halogens is 1. The third kappa shape index (κ3) is 5.67. The number of rotatable bonds is 6. The maximum absolute atomic E-state index is 12.6. The lowest BCUT2D eigenvalue weighted by atomic mass is 10.2. The molecule has 19 heavy (non-hydrogen) atoms. The van der Waals surface area contributed by atoms with Crippen LogP contribution in [0.4, 0.5) is 9.18 Å². The molecule has 0 aliphatic carbocycles. The summed E-state index contributed by atoms with van der Waals surface area (Å²) in [6.07, 6.45) is 0.881. The van der Waals surface area contributed by atoms with Gasteiger partial charge in [0.05, 0.1) is 0 Å². The molecule has 0 unspecified atom stereocenters. The topological polar surface area (TPSA) is 67.4 Å². The van der Waals surface area contributed by atoms with Crippen molar-refractivity contribution >= 4 is 12.0 Å². The molecule has 6 heteroatoms. The number of alkyl carbamates (subject to hydrolysis) is 1.